The van der Waals surface area contributed by atoms with Crippen LogP contribution in [-0.2, 0) is 11.3 Å². The molecule has 3 aromatic rings. The van der Waals surface area contributed by atoms with Gasteiger partial charge in [0.2, 0.25) is 5.88 Å². The number of aromatic hydroxyl groups is 1. The van der Waals surface area contributed by atoms with Crippen LogP contribution in [0.1, 0.15) is 45.7 Å². The number of hydrogen-bond donors (Lipinski definition) is 1. The Hall–Kier alpha value is -3.94. The first-order valence-electron chi connectivity index (χ1n) is 11.0. The Morgan fingerprint density at radius 2 is 1.97 bits per heavy atom. The lowest BCUT2D eigenvalue weighted by atomic mass is 9.99. The second kappa shape index (κ2) is 10.8. The first kappa shape index (κ1) is 25.2. The van der Waals surface area contributed by atoms with Gasteiger partial charge >= 0.3 is 0 Å². The number of rotatable bonds is 8. The quantitative estimate of drug-likeness (QED) is 0.267. The number of thiocarbonyl (C=S) groups is 1. The van der Waals surface area contributed by atoms with Crippen molar-refractivity contribution in [3.63, 3.8) is 0 Å². The van der Waals surface area contributed by atoms with E-state index in [0.29, 0.717) is 15.0 Å². The molecule has 0 radical (unpaired) electrons. The zero-order chi connectivity index (χ0) is 25.8. The Kier molecular flexibility index (Phi) is 7.52. The summed E-state index contributed by atoms with van der Waals surface area (Å²) in [6, 6.07) is 14.5. The van der Waals surface area contributed by atoms with E-state index in [2.05, 4.69) is 0 Å². The molecule has 182 valence electrons. The highest BCUT2D eigenvalue weighted by Gasteiger charge is 2.32. The Labute approximate surface area is 216 Å². The predicted molar refractivity (Wildman–Crippen MR) is 140 cm³/mol. The number of nitrogens with zero attached hydrogens (tertiary/aromatic N) is 3. The average molecular weight is 520 g/mol. The molecule has 0 atom stereocenters. The van der Waals surface area contributed by atoms with Crippen molar-refractivity contribution in [1.82, 2.24) is 9.47 Å². The number of Topliss-reactive ketones (excluding diaryl/α,β-unsaturated/α-hetero) is 1. The van der Waals surface area contributed by atoms with Crippen LogP contribution in [0.15, 0.2) is 62.8 Å². The van der Waals surface area contributed by atoms with E-state index < -0.39 is 17.2 Å². The number of furan rings is 1. The average Bonchev–Trinajstić information content (AvgIpc) is 3.46. The van der Waals surface area contributed by atoms with E-state index in [9.17, 15) is 24.8 Å². The van der Waals surface area contributed by atoms with Crippen LogP contribution in [0.25, 0.3) is 6.08 Å². The molecule has 0 bridgehead atoms. The summed E-state index contributed by atoms with van der Waals surface area (Å²) in [5.74, 6) is -0.801. The maximum Gasteiger partial charge on any atom is 0.271 e. The van der Waals surface area contributed by atoms with Crippen LogP contribution in [0.2, 0.25) is 0 Å². The summed E-state index contributed by atoms with van der Waals surface area (Å²) >= 11 is 6.57. The lowest BCUT2D eigenvalue weighted by molar-refractivity contribution is -0.122. The van der Waals surface area contributed by atoms with Crippen LogP contribution >= 0.6 is 24.0 Å². The minimum atomic E-state index is -0.705. The third-order valence-corrected chi connectivity index (χ3v) is 7.11. The molecular weight excluding hydrogens is 498 g/mol. The summed E-state index contributed by atoms with van der Waals surface area (Å²) in [5.41, 5.74) is -0.00446. The Bertz CT molecular complexity index is 1470. The minimum Gasteiger partial charge on any atom is -0.494 e. The smallest absolute Gasteiger partial charge is 0.271 e. The minimum absolute atomic E-state index is 0.0208. The molecule has 1 saturated heterocycles. The molecule has 3 heterocycles. The van der Waals surface area contributed by atoms with E-state index in [0.717, 1.165) is 10.1 Å². The fourth-order valence-corrected chi connectivity index (χ4v) is 5.21. The first-order chi connectivity index (χ1) is 17.3. The monoisotopic (exact) mass is 519 g/mol. The van der Waals surface area contributed by atoms with Crippen LogP contribution in [0, 0.1) is 18.3 Å². The Balaban J connectivity index is 1.50. The van der Waals surface area contributed by atoms with E-state index >= 15 is 0 Å². The SMILES string of the molecule is Cc1c(C(=O)CCCN2C(=O)/C(=C/c3ccccc3)SC2=S)c(O)n(Cc2ccco2)c(=O)c1C#N. The van der Waals surface area contributed by atoms with Crippen molar-refractivity contribution in [3.8, 4) is 11.9 Å². The predicted octanol–water partition coefficient (Wildman–Crippen LogP) is 4.24. The highest BCUT2D eigenvalue weighted by Crippen LogP contribution is 2.33. The zero-order valence-electron chi connectivity index (χ0n) is 19.3. The maximum atomic E-state index is 13.1. The lowest BCUT2D eigenvalue weighted by Crippen LogP contribution is -2.30. The standard InChI is InChI=1S/C26H21N3O5S2/c1-16-19(14-27)23(31)29(15-18-9-6-12-34-18)25(33)22(16)20(30)10-5-11-28-24(32)21(36-26(28)35)13-17-7-3-2-4-8-17/h2-4,6-9,12-13,33H,5,10-11,15H2,1H3/b21-13-. The molecule has 1 aromatic carbocycles. The van der Waals surface area contributed by atoms with Gasteiger partial charge in [-0.25, -0.2) is 0 Å². The molecule has 1 amide bonds. The van der Waals surface area contributed by atoms with Gasteiger partial charge < -0.3 is 9.52 Å². The molecule has 4 rings (SSSR count). The Morgan fingerprint density at radius 1 is 1.22 bits per heavy atom. The highest BCUT2D eigenvalue weighted by molar-refractivity contribution is 8.26. The van der Waals surface area contributed by atoms with Crippen molar-refractivity contribution >= 4 is 46.1 Å². The van der Waals surface area contributed by atoms with Crippen molar-refractivity contribution in [1.29, 1.82) is 5.26 Å². The normalized spacial score (nSPS) is 14.4. The molecule has 0 unspecified atom stereocenters. The molecule has 1 fully saturated rings. The molecule has 8 nitrogen and oxygen atoms in total. The maximum absolute atomic E-state index is 13.1. The van der Waals surface area contributed by atoms with Gasteiger partial charge in [0.05, 0.1) is 23.3 Å². The number of aromatic nitrogens is 1. The molecule has 10 heteroatoms. The van der Waals surface area contributed by atoms with E-state index in [4.69, 9.17) is 16.6 Å². The van der Waals surface area contributed by atoms with Crippen LogP contribution < -0.4 is 5.56 Å². The summed E-state index contributed by atoms with van der Waals surface area (Å²) in [5, 5.41) is 20.3. The van der Waals surface area contributed by atoms with Crippen LogP contribution in [0.5, 0.6) is 5.88 Å². The van der Waals surface area contributed by atoms with Gasteiger partial charge in [0.1, 0.15) is 21.7 Å². The van der Waals surface area contributed by atoms with Crippen molar-refractivity contribution in [2.24, 2.45) is 0 Å². The number of hydrogen-bond acceptors (Lipinski definition) is 8. The third-order valence-electron chi connectivity index (χ3n) is 5.73. The fraction of sp³-hybridized carbons (Fsp3) is 0.192. The largest absolute Gasteiger partial charge is 0.494 e. The number of ketones is 1. The van der Waals surface area contributed by atoms with Crippen LogP contribution in [0.3, 0.4) is 0 Å². The van der Waals surface area contributed by atoms with Gasteiger partial charge in [-0.1, -0.05) is 54.3 Å². The van der Waals surface area contributed by atoms with Gasteiger partial charge in [-0.05, 0) is 42.7 Å². The second-order valence-electron chi connectivity index (χ2n) is 8.05. The topological polar surface area (TPSA) is 117 Å². The summed E-state index contributed by atoms with van der Waals surface area (Å²) in [7, 11) is 0. The van der Waals surface area contributed by atoms with Crippen molar-refractivity contribution in [2.75, 3.05) is 6.54 Å². The number of thioether (sulfide) groups is 1. The number of amides is 1. The number of pyridine rings is 1. The highest BCUT2D eigenvalue weighted by atomic mass is 32.2. The van der Waals surface area contributed by atoms with E-state index in [-0.39, 0.29) is 48.5 Å². The molecule has 1 N–H and O–H groups in total. The van der Waals surface area contributed by atoms with Crippen molar-refractivity contribution in [3.05, 3.63) is 92.0 Å². The zero-order valence-corrected chi connectivity index (χ0v) is 20.9. The van der Waals surface area contributed by atoms with E-state index in [1.54, 1.807) is 18.2 Å². The van der Waals surface area contributed by atoms with E-state index in [1.165, 1.54) is 29.8 Å². The molecule has 2 aromatic heterocycles. The number of benzene rings is 1. The van der Waals surface area contributed by atoms with Gasteiger partial charge in [-0.15, -0.1) is 0 Å². The molecule has 36 heavy (non-hydrogen) atoms. The molecule has 1 aliphatic rings. The Morgan fingerprint density at radius 3 is 2.64 bits per heavy atom. The van der Waals surface area contributed by atoms with Gasteiger partial charge in [0, 0.05) is 13.0 Å². The molecule has 0 spiro atoms. The summed E-state index contributed by atoms with van der Waals surface area (Å²) in [6.07, 6.45) is 3.46. The third kappa shape index (κ3) is 5.03. The molecular formula is C26H21N3O5S2. The second-order valence-corrected chi connectivity index (χ2v) is 9.73. The van der Waals surface area contributed by atoms with Gasteiger partial charge in [0.25, 0.3) is 11.5 Å². The van der Waals surface area contributed by atoms with Crippen molar-refractivity contribution < 1.29 is 19.1 Å². The lowest BCUT2D eigenvalue weighted by Gasteiger charge is -2.16. The van der Waals surface area contributed by atoms with Gasteiger partial charge in [-0.2, -0.15) is 5.26 Å². The first-order valence-corrected chi connectivity index (χ1v) is 12.3. The van der Waals surface area contributed by atoms with Crippen LogP contribution in [0.4, 0.5) is 0 Å². The summed E-state index contributed by atoms with van der Waals surface area (Å²) in [6.45, 7) is 1.55. The summed E-state index contributed by atoms with van der Waals surface area (Å²) in [4.78, 5) is 40.6. The molecule has 1 aliphatic heterocycles. The van der Waals surface area contributed by atoms with Crippen molar-refractivity contribution in [2.45, 2.75) is 26.3 Å². The fourth-order valence-electron chi connectivity index (χ4n) is 3.91. The van der Waals surface area contributed by atoms with Gasteiger partial charge in [0.15, 0.2) is 5.78 Å². The number of nitriles is 1. The number of carbonyl (C=O) groups is 2. The summed E-state index contributed by atoms with van der Waals surface area (Å²) < 4.78 is 6.61. The van der Waals surface area contributed by atoms with Crippen LogP contribution in [-0.4, -0.2) is 37.1 Å². The number of carbonyl (C=O) groups excluding carboxylic acids is 2. The molecule has 0 aliphatic carbocycles. The molecule has 0 saturated carbocycles. The van der Waals surface area contributed by atoms with E-state index in [1.807, 2.05) is 36.4 Å². The van der Waals surface area contributed by atoms with Gasteiger partial charge in [-0.3, -0.25) is 23.9 Å².